The molecule has 3 rings (SSSR count). The highest BCUT2D eigenvalue weighted by Crippen LogP contribution is 2.28. The largest absolute Gasteiger partial charge is 0.494 e. The van der Waals surface area contributed by atoms with Crippen LogP contribution in [0.15, 0.2) is 24.4 Å². The first kappa shape index (κ1) is 20.5. The minimum absolute atomic E-state index is 0.460. The third-order valence-electron chi connectivity index (χ3n) is 5.24. The predicted molar refractivity (Wildman–Crippen MR) is 113 cm³/mol. The third-order valence-corrected chi connectivity index (χ3v) is 5.24. The van der Waals surface area contributed by atoms with E-state index in [1.165, 1.54) is 25.9 Å². The molecule has 0 atom stereocenters. The van der Waals surface area contributed by atoms with Crippen LogP contribution in [-0.2, 0) is 4.74 Å². The van der Waals surface area contributed by atoms with Gasteiger partial charge in [-0.25, -0.2) is 4.79 Å². The summed E-state index contributed by atoms with van der Waals surface area (Å²) in [5.41, 5.74) is 1.12. The zero-order valence-corrected chi connectivity index (χ0v) is 17.5. The number of piperidine rings is 1. The number of likely N-dealkylation sites (tertiary alicyclic amines) is 1. The van der Waals surface area contributed by atoms with Crippen molar-refractivity contribution >= 4 is 22.7 Å². The lowest BCUT2D eigenvalue weighted by Gasteiger charge is -2.30. The van der Waals surface area contributed by atoms with Crippen LogP contribution >= 0.6 is 0 Å². The van der Waals surface area contributed by atoms with Gasteiger partial charge in [-0.05, 0) is 83.8 Å². The first-order valence-corrected chi connectivity index (χ1v) is 10.3. The lowest BCUT2D eigenvalue weighted by atomic mass is 9.94. The second kappa shape index (κ2) is 8.86. The second-order valence-electron chi connectivity index (χ2n) is 8.55. The average molecular weight is 388 g/mol. The minimum atomic E-state index is -0.530. The predicted octanol–water partition coefficient (Wildman–Crippen LogP) is 5.02. The van der Waals surface area contributed by atoms with Crippen LogP contribution in [0.3, 0.4) is 0 Å². The van der Waals surface area contributed by atoms with Crippen molar-refractivity contribution in [2.45, 2.75) is 52.6 Å². The molecule has 154 valence electrons. The Morgan fingerprint density at radius 1 is 1.29 bits per heavy atom. The number of nitrogens with one attached hydrogen (secondary N) is 2. The Balaban J connectivity index is 1.55. The summed E-state index contributed by atoms with van der Waals surface area (Å²) in [7, 11) is 0. The zero-order valence-electron chi connectivity index (χ0n) is 17.5. The van der Waals surface area contributed by atoms with Gasteiger partial charge < -0.3 is 19.4 Å². The summed E-state index contributed by atoms with van der Waals surface area (Å²) >= 11 is 0. The summed E-state index contributed by atoms with van der Waals surface area (Å²) in [5.74, 6) is 1.58. The Morgan fingerprint density at radius 2 is 2.04 bits per heavy atom. The molecule has 1 aromatic carbocycles. The molecule has 0 saturated carbocycles. The molecule has 28 heavy (non-hydrogen) atoms. The number of rotatable bonds is 6. The fourth-order valence-electron chi connectivity index (χ4n) is 3.64. The molecule has 0 aliphatic carbocycles. The maximum absolute atomic E-state index is 12.1. The number of hydrogen-bond donors (Lipinski definition) is 2. The van der Waals surface area contributed by atoms with Crippen molar-refractivity contribution in [1.29, 1.82) is 0 Å². The van der Waals surface area contributed by atoms with E-state index < -0.39 is 11.7 Å². The molecular formula is C22H33N3O3. The highest BCUT2D eigenvalue weighted by molar-refractivity contribution is 6.00. The maximum atomic E-state index is 12.1. The molecule has 1 saturated heterocycles. The molecule has 0 radical (unpaired) electrons. The van der Waals surface area contributed by atoms with Crippen LogP contribution in [0, 0.1) is 5.92 Å². The zero-order chi connectivity index (χ0) is 20.1. The summed E-state index contributed by atoms with van der Waals surface area (Å²) in [6.45, 7) is 12.1. The molecule has 2 heterocycles. The number of carbonyl (C=O) groups excluding carboxylic acids is 1. The number of fused-ring (bicyclic) bond motifs is 1. The summed E-state index contributed by atoms with van der Waals surface area (Å²) < 4.78 is 11.3. The lowest BCUT2D eigenvalue weighted by molar-refractivity contribution is 0.0636. The Morgan fingerprint density at radius 3 is 2.71 bits per heavy atom. The van der Waals surface area contributed by atoms with E-state index in [4.69, 9.17) is 9.47 Å². The number of benzene rings is 1. The number of ether oxygens (including phenoxy) is 2. The summed E-state index contributed by atoms with van der Waals surface area (Å²) in [4.78, 5) is 17.7. The van der Waals surface area contributed by atoms with Crippen LogP contribution in [0.4, 0.5) is 10.5 Å². The van der Waals surface area contributed by atoms with Gasteiger partial charge in [-0.3, -0.25) is 5.32 Å². The molecule has 0 unspecified atom stereocenters. The van der Waals surface area contributed by atoms with Gasteiger partial charge in [-0.15, -0.1) is 0 Å². The van der Waals surface area contributed by atoms with Gasteiger partial charge >= 0.3 is 6.09 Å². The van der Waals surface area contributed by atoms with Crippen LogP contribution in [0.5, 0.6) is 5.75 Å². The van der Waals surface area contributed by atoms with Gasteiger partial charge in [0.25, 0.3) is 0 Å². The van der Waals surface area contributed by atoms with Crippen LogP contribution in [0.2, 0.25) is 0 Å². The van der Waals surface area contributed by atoms with E-state index in [0.29, 0.717) is 5.69 Å². The van der Waals surface area contributed by atoms with Gasteiger partial charge in [0.15, 0.2) is 0 Å². The van der Waals surface area contributed by atoms with Crippen molar-refractivity contribution in [2.75, 3.05) is 31.6 Å². The van der Waals surface area contributed by atoms with E-state index in [0.717, 1.165) is 42.1 Å². The van der Waals surface area contributed by atoms with Crippen LogP contribution < -0.4 is 10.1 Å². The molecule has 0 spiro atoms. The number of carbonyl (C=O) groups is 1. The molecule has 1 aliphatic rings. The molecule has 2 aromatic rings. The summed E-state index contributed by atoms with van der Waals surface area (Å²) in [6, 6.07) is 5.92. The number of aromatic nitrogens is 1. The number of anilines is 1. The SMILES string of the molecule is CCN1CCC(CCOc2ccc3[nH]cc(NC(=O)OC(C)(C)C)c3c2)CC1. The van der Waals surface area contributed by atoms with Gasteiger partial charge in [0.1, 0.15) is 11.4 Å². The molecule has 1 aromatic heterocycles. The topological polar surface area (TPSA) is 66.6 Å². The van der Waals surface area contributed by atoms with Gasteiger partial charge in [0.05, 0.1) is 12.3 Å². The van der Waals surface area contributed by atoms with E-state index in [-0.39, 0.29) is 0 Å². The Bertz CT molecular complexity index is 786. The highest BCUT2D eigenvalue weighted by atomic mass is 16.6. The highest BCUT2D eigenvalue weighted by Gasteiger charge is 2.19. The quantitative estimate of drug-likeness (QED) is 0.731. The Labute approximate surface area is 167 Å². The van der Waals surface area contributed by atoms with Crippen molar-refractivity contribution < 1.29 is 14.3 Å². The van der Waals surface area contributed by atoms with Crippen molar-refractivity contribution in [2.24, 2.45) is 5.92 Å². The van der Waals surface area contributed by atoms with Crippen molar-refractivity contribution in [3.8, 4) is 5.75 Å². The number of H-pyrrole nitrogens is 1. The standard InChI is InChI=1S/C22H33N3O3/c1-5-25-11-8-16(9-12-25)10-13-27-17-6-7-19-18(14-17)20(15-23-19)24-21(26)28-22(2,3)4/h6-7,14-16,23H,5,8-13H2,1-4H3,(H,24,26). The summed E-state index contributed by atoms with van der Waals surface area (Å²) in [5, 5.41) is 3.73. The van der Waals surface area contributed by atoms with Gasteiger partial charge in [-0.2, -0.15) is 0 Å². The number of amides is 1. The van der Waals surface area contributed by atoms with Gasteiger partial charge in [0, 0.05) is 17.1 Å². The molecule has 0 bridgehead atoms. The fourth-order valence-corrected chi connectivity index (χ4v) is 3.64. The van der Waals surface area contributed by atoms with Gasteiger partial charge in [-0.1, -0.05) is 6.92 Å². The maximum Gasteiger partial charge on any atom is 0.412 e. The molecule has 1 amide bonds. The fraction of sp³-hybridized carbons (Fsp3) is 0.591. The molecule has 1 fully saturated rings. The third kappa shape index (κ3) is 5.64. The molecule has 1 aliphatic heterocycles. The van der Waals surface area contributed by atoms with Crippen LogP contribution in [-0.4, -0.2) is 47.8 Å². The lowest BCUT2D eigenvalue weighted by Crippen LogP contribution is -2.33. The minimum Gasteiger partial charge on any atom is -0.494 e. The number of hydrogen-bond acceptors (Lipinski definition) is 4. The van der Waals surface area contributed by atoms with E-state index in [2.05, 4.69) is 22.1 Å². The smallest absolute Gasteiger partial charge is 0.412 e. The molecule has 6 nitrogen and oxygen atoms in total. The van der Waals surface area contributed by atoms with E-state index in [1.54, 1.807) is 6.20 Å². The Kier molecular flexibility index (Phi) is 6.50. The normalized spacial score (nSPS) is 16.3. The van der Waals surface area contributed by atoms with E-state index >= 15 is 0 Å². The Hall–Kier alpha value is -2.21. The van der Waals surface area contributed by atoms with Crippen molar-refractivity contribution in [3.05, 3.63) is 24.4 Å². The first-order chi connectivity index (χ1) is 13.3. The van der Waals surface area contributed by atoms with Crippen molar-refractivity contribution in [1.82, 2.24) is 9.88 Å². The van der Waals surface area contributed by atoms with E-state index in [1.807, 2.05) is 39.0 Å². The van der Waals surface area contributed by atoms with E-state index in [9.17, 15) is 4.79 Å². The summed E-state index contributed by atoms with van der Waals surface area (Å²) in [6.07, 6.45) is 4.93. The van der Waals surface area contributed by atoms with Gasteiger partial charge in [0.2, 0.25) is 0 Å². The molecule has 2 N–H and O–H groups in total. The van der Waals surface area contributed by atoms with Crippen LogP contribution in [0.25, 0.3) is 10.9 Å². The number of nitrogens with zero attached hydrogens (tertiary/aromatic N) is 1. The van der Waals surface area contributed by atoms with Crippen molar-refractivity contribution in [3.63, 3.8) is 0 Å². The first-order valence-electron chi connectivity index (χ1n) is 10.3. The second-order valence-corrected chi connectivity index (χ2v) is 8.55. The molecule has 6 heteroatoms. The average Bonchev–Trinajstić information content (AvgIpc) is 3.03. The number of aromatic amines is 1. The van der Waals surface area contributed by atoms with Crippen LogP contribution in [0.1, 0.15) is 47.0 Å². The monoisotopic (exact) mass is 387 g/mol. The molecular weight excluding hydrogens is 354 g/mol.